The average Bonchev–Trinajstić information content (AvgIpc) is 2.84. The Labute approximate surface area is 194 Å². The van der Waals surface area contributed by atoms with Gasteiger partial charge in [-0.2, -0.15) is 5.10 Å². The summed E-state index contributed by atoms with van der Waals surface area (Å²) in [7, 11) is 3.91. The molecule has 0 aliphatic carbocycles. The number of hydrogen-bond acceptors (Lipinski definition) is 4. The molecule has 3 aromatic rings. The van der Waals surface area contributed by atoms with Gasteiger partial charge in [-0.15, -0.1) is 0 Å². The van der Waals surface area contributed by atoms with Crippen molar-refractivity contribution >= 4 is 29.8 Å². The highest BCUT2D eigenvalue weighted by molar-refractivity contribution is 6.05. The van der Waals surface area contributed by atoms with Crippen molar-refractivity contribution in [3.8, 4) is 0 Å². The van der Waals surface area contributed by atoms with Crippen LogP contribution < -0.4 is 15.6 Å². The second-order valence-electron chi connectivity index (χ2n) is 7.66. The number of hydrogen-bond donors (Lipinski definition) is 2. The van der Waals surface area contributed by atoms with Gasteiger partial charge in [0.15, 0.2) is 0 Å². The van der Waals surface area contributed by atoms with E-state index in [1.54, 1.807) is 36.6 Å². The predicted molar refractivity (Wildman–Crippen MR) is 134 cm³/mol. The second-order valence-corrected chi connectivity index (χ2v) is 7.66. The molecule has 0 saturated carbocycles. The van der Waals surface area contributed by atoms with Gasteiger partial charge in [0.2, 0.25) is 0 Å². The van der Waals surface area contributed by atoms with Crippen LogP contribution in [0, 0.1) is 0 Å². The lowest BCUT2D eigenvalue weighted by Gasteiger charge is -2.12. The van der Waals surface area contributed by atoms with Gasteiger partial charge in [-0.25, -0.2) is 5.43 Å². The fourth-order valence-electron chi connectivity index (χ4n) is 3.04. The molecule has 0 atom stereocenters. The summed E-state index contributed by atoms with van der Waals surface area (Å²) in [5.74, 6) is -0.890. The first-order chi connectivity index (χ1) is 16.0. The maximum absolute atomic E-state index is 12.9. The molecule has 0 fully saturated rings. The lowest BCUT2D eigenvalue weighted by atomic mass is 10.1. The van der Waals surface area contributed by atoms with Gasteiger partial charge in [-0.3, -0.25) is 9.59 Å². The van der Waals surface area contributed by atoms with Crippen LogP contribution in [0.25, 0.3) is 6.08 Å². The summed E-state index contributed by atoms with van der Waals surface area (Å²) in [5.41, 5.74) is 6.96. The van der Waals surface area contributed by atoms with E-state index in [9.17, 15) is 9.59 Å². The Morgan fingerprint density at radius 1 is 0.879 bits per heavy atom. The molecule has 6 heteroatoms. The van der Waals surface area contributed by atoms with E-state index in [1.807, 2.05) is 73.6 Å². The number of aryl methyl sites for hydroxylation is 1. The van der Waals surface area contributed by atoms with E-state index >= 15 is 0 Å². The van der Waals surface area contributed by atoms with Crippen LogP contribution in [0.2, 0.25) is 0 Å². The van der Waals surface area contributed by atoms with Crippen molar-refractivity contribution in [1.82, 2.24) is 10.7 Å². The van der Waals surface area contributed by atoms with E-state index < -0.39 is 5.91 Å². The first-order valence-corrected chi connectivity index (χ1v) is 10.7. The first kappa shape index (κ1) is 23.5. The van der Waals surface area contributed by atoms with Crippen molar-refractivity contribution in [2.24, 2.45) is 5.10 Å². The minimum atomic E-state index is -0.516. The Bertz CT molecular complexity index is 1130. The molecule has 168 valence electrons. The van der Waals surface area contributed by atoms with E-state index in [1.165, 1.54) is 5.56 Å². The maximum atomic E-state index is 12.9. The molecule has 2 amide bonds. The number of anilines is 1. The van der Waals surface area contributed by atoms with E-state index in [-0.39, 0.29) is 11.6 Å². The normalized spacial score (nSPS) is 11.3. The standard InChI is InChI=1S/C27H28N4O2/c1-4-20-10-12-22(13-11-20)19-28-30-27(33)25(29-26(32)23-8-6-5-7-9-23)18-21-14-16-24(17-15-21)31(2)3/h5-19H,4H2,1-3H3,(H,29,32)(H,30,33)/b25-18+,28-19-. The number of hydrazone groups is 1. The summed E-state index contributed by atoms with van der Waals surface area (Å²) < 4.78 is 0. The van der Waals surface area contributed by atoms with Crippen LogP contribution in [0.1, 0.15) is 34.0 Å². The number of amides is 2. The molecule has 33 heavy (non-hydrogen) atoms. The highest BCUT2D eigenvalue weighted by Crippen LogP contribution is 2.14. The highest BCUT2D eigenvalue weighted by Gasteiger charge is 2.14. The van der Waals surface area contributed by atoms with E-state index in [2.05, 4.69) is 22.8 Å². The summed E-state index contributed by atoms with van der Waals surface area (Å²) in [5, 5.41) is 6.76. The highest BCUT2D eigenvalue weighted by atomic mass is 16.2. The van der Waals surface area contributed by atoms with E-state index in [4.69, 9.17) is 0 Å². The molecule has 6 nitrogen and oxygen atoms in total. The zero-order valence-corrected chi connectivity index (χ0v) is 19.1. The van der Waals surface area contributed by atoms with Crippen LogP contribution in [0.3, 0.4) is 0 Å². The smallest absolute Gasteiger partial charge is 0.287 e. The van der Waals surface area contributed by atoms with Crippen molar-refractivity contribution in [3.05, 3.63) is 107 Å². The Morgan fingerprint density at radius 3 is 2.12 bits per heavy atom. The van der Waals surface area contributed by atoms with Crippen LogP contribution in [-0.2, 0) is 11.2 Å². The lowest BCUT2D eigenvalue weighted by molar-refractivity contribution is -0.117. The van der Waals surface area contributed by atoms with Gasteiger partial charge in [0, 0.05) is 25.3 Å². The Hall–Kier alpha value is -4.19. The van der Waals surface area contributed by atoms with Crippen molar-refractivity contribution in [1.29, 1.82) is 0 Å². The Balaban J connectivity index is 1.79. The fraction of sp³-hybridized carbons (Fsp3) is 0.148. The molecule has 0 aliphatic rings. The summed E-state index contributed by atoms with van der Waals surface area (Å²) in [4.78, 5) is 27.5. The maximum Gasteiger partial charge on any atom is 0.287 e. The van der Waals surface area contributed by atoms with Crippen LogP contribution in [-0.4, -0.2) is 32.1 Å². The summed E-state index contributed by atoms with van der Waals surface area (Å²) in [6, 6.07) is 24.3. The quantitative estimate of drug-likeness (QED) is 0.313. The third-order valence-electron chi connectivity index (χ3n) is 5.02. The first-order valence-electron chi connectivity index (χ1n) is 10.7. The summed E-state index contributed by atoms with van der Waals surface area (Å²) >= 11 is 0. The molecule has 0 radical (unpaired) electrons. The van der Waals surface area contributed by atoms with Crippen molar-refractivity contribution < 1.29 is 9.59 Å². The largest absolute Gasteiger partial charge is 0.378 e. The molecule has 0 spiro atoms. The molecule has 3 aromatic carbocycles. The zero-order valence-electron chi connectivity index (χ0n) is 19.1. The van der Waals surface area contributed by atoms with Crippen LogP contribution in [0.5, 0.6) is 0 Å². The van der Waals surface area contributed by atoms with E-state index in [0.717, 1.165) is 23.2 Å². The molecular weight excluding hydrogens is 412 g/mol. The van der Waals surface area contributed by atoms with Gasteiger partial charge in [0.05, 0.1) is 6.21 Å². The SMILES string of the molecule is CCc1ccc(/C=N\NC(=O)/C(=C\c2ccc(N(C)C)cc2)NC(=O)c2ccccc2)cc1. The van der Waals surface area contributed by atoms with Gasteiger partial charge in [-0.1, -0.05) is 61.5 Å². The van der Waals surface area contributed by atoms with Crippen LogP contribution in [0.15, 0.2) is 89.7 Å². The lowest BCUT2D eigenvalue weighted by Crippen LogP contribution is -2.32. The van der Waals surface area contributed by atoms with Crippen molar-refractivity contribution in [3.63, 3.8) is 0 Å². The van der Waals surface area contributed by atoms with Crippen LogP contribution >= 0.6 is 0 Å². The predicted octanol–water partition coefficient (Wildman–Crippen LogP) is 4.24. The van der Waals surface area contributed by atoms with Gasteiger partial charge in [0.25, 0.3) is 11.8 Å². The third-order valence-corrected chi connectivity index (χ3v) is 5.02. The van der Waals surface area contributed by atoms with Gasteiger partial charge >= 0.3 is 0 Å². The molecular formula is C27H28N4O2. The molecule has 0 bridgehead atoms. The molecule has 0 aromatic heterocycles. The average molecular weight is 441 g/mol. The number of benzene rings is 3. The molecule has 2 N–H and O–H groups in total. The minimum Gasteiger partial charge on any atom is -0.378 e. The molecule has 3 rings (SSSR count). The van der Waals surface area contributed by atoms with Crippen molar-refractivity contribution in [2.45, 2.75) is 13.3 Å². The number of nitrogens with one attached hydrogen (secondary N) is 2. The summed E-state index contributed by atoms with van der Waals surface area (Å²) in [6.07, 6.45) is 4.15. The fourth-order valence-corrected chi connectivity index (χ4v) is 3.04. The van der Waals surface area contributed by atoms with Gasteiger partial charge in [-0.05, 0) is 53.5 Å². The third kappa shape index (κ3) is 6.90. The van der Waals surface area contributed by atoms with Gasteiger partial charge in [0.1, 0.15) is 5.70 Å². The number of rotatable bonds is 8. The molecule has 0 aliphatic heterocycles. The molecule has 0 heterocycles. The van der Waals surface area contributed by atoms with Gasteiger partial charge < -0.3 is 10.2 Å². The number of carbonyl (C=O) groups excluding carboxylic acids is 2. The number of nitrogens with zero attached hydrogens (tertiary/aromatic N) is 2. The van der Waals surface area contributed by atoms with Crippen LogP contribution in [0.4, 0.5) is 5.69 Å². The number of carbonyl (C=O) groups is 2. The zero-order chi connectivity index (χ0) is 23.6. The minimum absolute atomic E-state index is 0.0972. The molecule has 0 saturated heterocycles. The second kappa shape index (κ2) is 11.4. The van der Waals surface area contributed by atoms with E-state index in [0.29, 0.717) is 5.56 Å². The monoisotopic (exact) mass is 440 g/mol. The summed E-state index contributed by atoms with van der Waals surface area (Å²) in [6.45, 7) is 2.09. The molecule has 0 unspecified atom stereocenters. The Morgan fingerprint density at radius 2 is 1.52 bits per heavy atom. The Kier molecular flexibility index (Phi) is 8.13. The van der Waals surface area contributed by atoms with Crippen molar-refractivity contribution in [2.75, 3.05) is 19.0 Å². The topological polar surface area (TPSA) is 73.8 Å².